The molecule has 0 aliphatic heterocycles. The highest BCUT2D eigenvalue weighted by Crippen LogP contribution is 2.66. The van der Waals surface area contributed by atoms with Gasteiger partial charge in [0, 0.05) is 5.41 Å². The van der Waals surface area contributed by atoms with Crippen LogP contribution in [0.25, 0.3) is 0 Å². The van der Waals surface area contributed by atoms with Gasteiger partial charge in [-0.3, -0.25) is 0 Å². The zero-order chi connectivity index (χ0) is 14.5. The van der Waals surface area contributed by atoms with Crippen LogP contribution in [0.4, 0.5) is 4.39 Å². The summed E-state index contributed by atoms with van der Waals surface area (Å²) in [7, 11) is 0. The number of ether oxygens (including phenoxy) is 1. The highest BCUT2D eigenvalue weighted by molar-refractivity contribution is 5.44. The van der Waals surface area contributed by atoms with Crippen molar-refractivity contribution in [2.45, 2.75) is 46.1 Å². The summed E-state index contributed by atoms with van der Waals surface area (Å²) in [6.07, 6.45) is 3.47. The lowest BCUT2D eigenvalue weighted by Crippen LogP contribution is -2.39. The molecule has 2 fully saturated rings. The van der Waals surface area contributed by atoms with Gasteiger partial charge in [-0.25, -0.2) is 4.39 Å². The van der Waals surface area contributed by atoms with E-state index >= 15 is 0 Å². The van der Waals surface area contributed by atoms with E-state index in [4.69, 9.17) is 10.00 Å². The zero-order valence-electron chi connectivity index (χ0n) is 12.2. The maximum Gasteiger partial charge on any atom is 0.144 e. The molecule has 2 bridgehead atoms. The molecule has 0 aromatic heterocycles. The second-order valence-electron chi connectivity index (χ2n) is 6.94. The first kappa shape index (κ1) is 13.4. The molecule has 2 nitrogen and oxygen atoms in total. The molecule has 0 radical (unpaired) electrons. The smallest absolute Gasteiger partial charge is 0.144 e. The fourth-order valence-electron chi connectivity index (χ4n) is 4.17. The van der Waals surface area contributed by atoms with Crippen LogP contribution >= 0.6 is 0 Å². The Morgan fingerprint density at radius 1 is 1.35 bits per heavy atom. The quantitative estimate of drug-likeness (QED) is 0.805. The Labute approximate surface area is 119 Å². The third-order valence-corrected chi connectivity index (χ3v) is 6.07. The van der Waals surface area contributed by atoms with Gasteiger partial charge in [-0.15, -0.1) is 0 Å². The number of nitrogens with zero attached hydrogens (tertiary/aromatic N) is 1. The number of hydrogen-bond donors (Lipinski definition) is 0. The van der Waals surface area contributed by atoms with Gasteiger partial charge >= 0.3 is 0 Å². The van der Waals surface area contributed by atoms with Crippen LogP contribution in [0.15, 0.2) is 18.2 Å². The molecular formula is C17H20FNO. The van der Waals surface area contributed by atoms with Crippen LogP contribution in [0.5, 0.6) is 5.75 Å². The van der Waals surface area contributed by atoms with Gasteiger partial charge in [0.05, 0.1) is 0 Å². The number of nitriles is 1. The second-order valence-corrected chi connectivity index (χ2v) is 6.94. The molecule has 1 aromatic rings. The molecule has 0 amide bonds. The minimum Gasteiger partial charge on any atom is -0.488 e. The van der Waals surface area contributed by atoms with Crippen molar-refractivity contribution < 1.29 is 9.13 Å². The molecule has 0 spiro atoms. The summed E-state index contributed by atoms with van der Waals surface area (Å²) >= 11 is 0. The van der Waals surface area contributed by atoms with Gasteiger partial charge in [-0.2, -0.15) is 5.26 Å². The van der Waals surface area contributed by atoms with Crippen LogP contribution in [-0.2, 0) is 0 Å². The average Bonchev–Trinajstić information content (AvgIpc) is 2.72. The topological polar surface area (TPSA) is 33.0 Å². The highest BCUT2D eigenvalue weighted by atomic mass is 19.1. The predicted octanol–water partition coefficient (Wildman–Crippen LogP) is 4.29. The molecule has 0 saturated heterocycles. The van der Waals surface area contributed by atoms with E-state index in [-0.39, 0.29) is 22.5 Å². The fraction of sp³-hybridized carbons (Fsp3) is 0.588. The molecule has 20 heavy (non-hydrogen) atoms. The molecule has 3 heteroatoms. The molecule has 3 atom stereocenters. The van der Waals surface area contributed by atoms with Gasteiger partial charge in [-0.1, -0.05) is 26.8 Å². The number of benzene rings is 1. The Hall–Kier alpha value is -1.56. The monoisotopic (exact) mass is 273 g/mol. The van der Waals surface area contributed by atoms with Crippen molar-refractivity contribution in [3.8, 4) is 11.8 Å². The van der Waals surface area contributed by atoms with Crippen molar-refractivity contribution >= 4 is 0 Å². The molecular weight excluding hydrogens is 253 g/mol. The van der Waals surface area contributed by atoms with Gasteiger partial charge < -0.3 is 4.74 Å². The van der Waals surface area contributed by atoms with E-state index in [9.17, 15) is 4.39 Å². The van der Waals surface area contributed by atoms with Crippen molar-refractivity contribution in [1.29, 1.82) is 5.26 Å². The van der Waals surface area contributed by atoms with E-state index < -0.39 is 5.82 Å². The Morgan fingerprint density at radius 3 is 2.65 bits per heavy atom. The van der Waals surface area contributed by atoms with E-state index in [1.807, 2.05) is 6.07 Å². The maximum absolute atomic E-state index is 13.7. The van der Waals surface area contributed by atoms with Crippen LogP contribution in [0, 0.1) is 33.9 Å². The summed E-state index contributed by atoms with van der Waals surface area (Å²) in [5.74, 6) is 0.552. The third kappa shape index (κ3) is 1.60. The first-order chi connectivity index (χ1) is 9.40. The molecule has 3 rings (SSSR count). The summed E-state index contributed by atoms with van der Waals surface area (Å²) in [5, 5.41) is 9.10. The Morgan fingerprint density at radius 2 is 2.10 bits per heavy atom. The second kappa shape index (κ2) is 4.22. The SMILES string of the molecule is CC1(C)C2CCC1(C)C(Oc1cccc(F)c1C#N)C2. The average molecular weight is 273 g/mol. The Kier molecular flexibility index (Phi) is 2.83. The number of halogens is 1. The molecule has 2 aliphatic carbocycles. The van der Waals surface area contributed by atoms with Gasteiger partial charge in [0.1, 0.15) is 29.3 Å². The number of fused-ring (bicyclic) bond motifs is 2. The molecule has 1 aromatic carbocycles. The first-order valence-corrected chi connectivity index (χ1v) is 7.25. The van der Waals surface area contributed by atoms with E-state index in [1.54, 1.807) is 12.1 Å². The van der Waals surface area contributed by atoms with Gasteiger partial charge in [0.15, 0.2) is 0 Å². The highest BCUT2D eigenvalue weighted by Gasteiger charge is 2.62. The van der Waals surface area contributed by atoms with Gasteiger partial charge in [0.2, 0.25) is 0 Å². The Balaban J connectivity index is 1.92. The van der Waals surface area contributed by atoms with Crippen LogP contribution in [0.1, 0.15) is 45.6 Å². The van der Waals surface area contributed by atoms with Gasteiger partial charge in [0.25, 0.3) is 0 Å². The van der Waals surface area contributed by atoms with E-state index in [2.05, 4.69) is 20.8 Å². The number of hydrogen-bond acceptors (Lipinski definition) is 2. The molecule has 2 saturated carbocycles. The molecule has 3 unspecified atom stereocenters. The molecule has 2 aliphatic rings. The van der Waals surface area contributed by atoms with Crippen molar-refractivity contribution in [2.75, 3.05) is 0 Å². The summed E-state index contributed by atoms with van der Waals surface area (Å²) in [4.78, 5) is 0. The lowest BCUT2D eigenvalue weighted by atomic mass is 9.70. The lowest BCUT2D eigenvalue weighted by molar-refractivity contribution is 0.0298. The first-order valence-electron chi connectivity index (χ1n) is 7.25. The summed E-state index contributed by atoms with van der Waals surface area (Å²) < 4.78 is 19.7. The number of rotatable bonds is 2. The minimum absolute atomic E-state index is 0.0247. The van der Waals surface area contributed by atoms with E-state index in [0.717, 1.165) is 12.8 Å². The summed E-state index contributed by atoms with van der Waals surface area (Å²) in [5.41, 5.74) is 0.380. The summed E-state index contributed by atoms with van der Waals surface area (Å²) in [6, 6.07) is 6.52. The molecule has 0 heterocycles. The Bertz CT molecular complexity index is 589. The fourth-order valence-corrected chi connectivity index (χ4v) is 4.17. The zero-order valence-corrected chi connectivity index (χ0v) is 12.2. The lowest BCUT2D eigenvalue weighted by Gasteiger charge is -2.39. The van der Waals surface area contributed by atoms with Crippen LogP contribution < -0.4 is 4.74 Å². The van der Waals surface area contributed by atoms with Crippen LogP contribution in [0.3, 0.4) is 0 Å². The summed E-state index contributed by atoms with van der Waals surface area (Å²) in [6.45, 7) is 6.89. The van der Waals surface area contributed by atoms with Crippen molar-refractivity contribution in [1.82, 2.24) is 0 Å². The van der Waals surface area contributed by atoms with Crippen LogP contribution in [0.2, 0.25) is 0 Å². The largest absolute Gasteiger partial charge is 0.488 e. The van der Waals surface area contributed by atoms with E-state index in [0.29, 0.717) is 11.7 Å². The van der Waals surface area contributed by atoms with Crippen LogP contribution in [-0.4, -0.2) is 6.10 Å². The van der Waals surface area contributed by atoms with Crippen molar-refractivity contribution in [3.63, 3.8) is 0 Å². The van der Waals surface area contributed by atoms with Gasteiger partial charge in [-0.05, 0) is 42.7 Å². The van der Waals surface area contributed by atoms with Crippen molar-refractivity contribution in [3.05, 3.63) is 29.6 Å². The standard InChI is InChI=1S/C17H20FNO/c1-16(2)11-7-8-17(16,3)15(9-11)20-14-6-4-5-13(18)12(14)10-19/h4-6,11,15H,7-9H2,1-3H3. The van der Waals surface area contributed by atoms with E-state index in [1.165, 1.54) is 12.5 Å². The molecule has 0 N–H and O–H groups in total. The maximum atomic E-state index is 13.7. The normalized spacial score (nSPS) is 34.0. The van der Waals surface area contributed by atoms with Crippen molar-refractivity contribution in [2.24, 2.45) is 16.7 Å². The third-order valence-electron chi connectivity index (χ3n) is 6.07. The molecule has 106 valence electrons. The minimum atomic E-state index is -0.502. The predicted molar refractivity (Wildman–Crippen MR) is 74.8 cm³/mol.